The van der Waals surface area contributed by atoms with Crippen molar-refractivity contribution in [3.8, 4) is 5.75 Å². The van der Waals surface area contributed by atoms with Crippen LogP contribution in [0, 0.1) is 6.92 Å². The van der Waals surface area contributed by atoms with Crippen LogP contribution < -0.4 is 10.5 Å². The van der Waals surface area contributed by atoms with E-state index in [9.17, 15) is 0 Å². The molecule has 0 bridgehead atoms. The van der Waals surface area contributed by atoms with E-state index in [4.69, 9.17) is 10.5 Å². The van der Waals surface area contributed by atoms with Gasteiger partial charge in [-0.3, -0.25) is 0 Å². The Hall–Kier alpha value is -1.45. The van der Waals surface area contributed by atoms with Crippen LogP contribution in [-0.2, 0) is 6.54 Å². The molecular weight excluding hydrogens is 242 g/mol. The van der Waals surface area contributed by atoms with E-state index in [0.29, 0.717) is 6.54 Å². The fraction of sp³-hybridized carbons (Fsp3) is 0.200. The summed E-state index contributed by atoms with van der Waals surface area (Å²) in [6.07, 6.45) is 0. The smallest absolute Gasteiger partial charge is 0.132 e. The predicted octanol–water partition coefficient (Wildman–Crippen LogP) is 3.61. The van der Waals surface area contributed by atoms with Gasteiger partial charge in [0.05, 0.1) is 12.0 Å². The molecule has 0 aliphatic rings. The number of rotatable bonds is 4. The third kappa shape index (κ3) is 3.06. The van der Waals surface area contributed by atoms with Crippen molar-refractivity contribution in [2.45, 2.75) is 23.3 Å². The first-order chi connectivity index (χ1) is 8.72. The molecule has 0 unspecified atom stereocenters. The largest absolute Gasteiger partial charge is 0.496 e. The van der Waals surface area contributed by atoms with Gasteiger partial charge in [-0.15, -0.1) is 0 Å². The maximum Gasteiger partial charge on any atom is 0.132 e. The molecule has 0 aliphatic heterocycles. The summed E-state index contributed by atoms with van der Waals surface area (Å²) in [7, 11) is 1.70. The highest BCUT2D eigenvalue weighted by Gasteiger charge is 2.05. The lowest BCUT2D eigenvalue weighted by Crippen LogP contribution is -1.95. The van der Waals surface area contributed by atoms with Crippen LogP contribution in [0.4, 0.5) is 0 Å². The summed E-state index contributed by atoms with van der Waals surface area (Å²) in [6.45, 7) is 2.67. The van der Waals surface area contributed by atoms with Gasteiger partial charge in [0.2, 0.25) is 0 Å². The zero-order chi connectivity index (χ0) is 13.0. The Morgan fingerprint density at radius 3 is 2.44 bits per heavy atom. The number of hydrogen-bond acceptors (Lipinski definition) is 3. The number of aryl methyl sites for hydroxylation is 1. The van der Waals surface area contributed by atoms with Crippen molar-refractivity contribution < 1.29 is 4.74 Å². The molecule has 0 spiro atoms. The molecule has 2 aromatic carbocycles. The van der Waals surface area contributed by atoms with Gasteiger partial charge in [0.25, 0.3) is 0 Å². The van der Waals surface area contributed by atoms with Crippen LogP contribution in [0.2, 0.25) is 0 Å². The topological polar surface area (TPSA) is 35.2 Å². The monoisotopic (exact) mass is 259 g/mol. The molecule has 0 amide bonds. The van der Waals surface area contributed by atoms with Crippen molar-refractivity contribution in [3.63, 3.8) is 0 Å². The molecule has 2 N–H and O–H groups in total. The molecule has 0 aromatic heterocycles. The molecule has 94 valence electrons. The minimum Gasteiger partial charge on any atom is -0.496 e. The van der Waals surface area contributed by atoms with Crippen molar-refractivity contribution in [2.24, 2.45) is 5.73 Å². The van der Waals surface area contributed by atoms with E-state index in [0.717, 1.165) is 16.2 Å². The Kier molecular flexibility index (Phi) is 4.28. The summed E-state index contributed by atoms with van der Waals surface area (Å²) >= 11 is 1.71. The van der Waals surface area contributed by atoms with E-state index < -0.39 is 0 Å². The van der Waals surface area contributed by atoms with Crippen molar-refractivity contribution in [2.75, 3.05) is 7.11 Å². The van der Waals surface area contributed by atoms with Gasteiger partial charge in [-0.05, 0) is 42.3 Å². The van der Waals surface area contributed by atoms with Crippen LogP contribution in [0.5, 0.6) is 5.75 Å². The molecule has 18 heavy (non-hydrogen) atoms. The third-order valence-corrected chi connectivity index (χ3v) is 3.75. The quantitative estimate of drug-likeness (QED) is 0.911. The second-order valence-corrected chi connectivity index (χ2v) is 5.22. The van der Waals surface area contributed by atoms with Crippen LogP contribution in [0.3, 0.4) is 0 Å². The summed E-state index contributed by atoms with van der Waals surface area (Å²) in [5, 5.41) is 0. The molecule has 0 heterocycles. The second kappa shape index (κ2) is 5.94. The van der Waals surface area contributed by atoms with Gasteiger partial charge in [-0.25, -0.2) is 0 Å². The van der Waals surface area contributed by atoms with Gasteiger partial charge in [0.1, 0.15) is 5.75 Å². The molecule has 0 aliphatic carbocycles. The first-order valence-electron chi connectivity index (χ1n) is 5.84. The lowest BCUT2D eigenvalue weighted by Gasteiger charge is -2.09. The minimum absolute atomic E-state index is 0.582. The predicted molar refractivity (Wildman–Crippen MR) is 76.2 cm³/mol. The van der Waals surface area contributed by atoms with Crippen molar-refractivity contribution in [3.05, 3.63) is 53.6 Å². The molecule has 2 rings (SSSR count). The van der Waals surface area contributed by atoms with E-state index in [2.05, 4.69) is 43.3 Å². The molecule has 0 saturated heterocycles. The van der Waals surface area contributed by atoms with Crippen molar-refractivity contribution in [1.82, 2.24) is 0 Å². The first-order valence-corrected chi connectivity index (χ1v) is 6.66. The van der Waals surface area contributed by atoms with Gasteiger partial charge < -0.3 is 10.5 Å². The SMILES string of the molecule is COc1ccc(C)cc1Sc1ccc(CN)cc1. The Bertz CT molecular complexity index is 523. The van der Waals surface area contributed by atoms with Crippen LogP contribution >= 0.6 is 11.8 Å². The minimum atomic E-state index is 0.582. The van der Waals surface area contributed by atoms with E-state index in [1.807, 2.05) is 6.07 Å². The maximum absolute atomic E-state index is 5.59. The molecule has 2 aromatic rings. The third-order valence-electron chi connectivity index (χ3n) is 2.71. The average Bonchev–Trinajstić information content (AvgIpc) is 2.40. The molecule has 0 atom stereocenters. The summed E-state index contributed by atoms with van der Waals surface area (Å²) < 4.78 is 5.38. The van der Waals surface area contributed by atoms with Gasteiger partial charge in [-0.2, -0.15) is 0 Å². The Labute approximate surface area is 112 Å². The standard InChI is InChI=1S/C15H17NOS/c1-11-3-8-14(17-2)15(9-11)18-13-6-4-12(10-16)5-7-13/h3-9H,10,16H2,1-2H3. The van der Waals surface area contributed by atoms with Crippen molar-refractivity contribution in [1.29, 1.82) is 0 Å². The first kappa shape index (κ1) is 13.0. The van der Waals surface area contributed by atoms with Crippen LogP contribution in [0.25, 0.3) is 0 Å². The molecule has 0 fully saturated rings. The molecule has 3 heteroatoms. The van der Waals surface area contributed by atoms with E-state index in [1.165, 1.54) is 10.5 Å². The van der Waals surface area contributed by atoms with E-state index in [-0.39, 0.29) is 0 Å². The normalized spacial score (nSPS) is 10.4. The molecule has 0 radical (unpaired) electrons. The van der Waals surface area contributed by atoms with Gasteiger partial charge >= 0.3 is 0 Å². The number of ether oxygens (including phenoxy) is 1. The number of benzene rings is 2. The highest BCUT2D eigenvalue weighted by atomic mass is 32.2. The Morgan fingerprint density at radius 1 is 1.11 bits per heavy atom. The molecular formula is C15H17NOS. The van der Waals surface area contributed by atoms with Gasteiger partial charge in [0.15, 0.2) is 0 Å². The summed E-state index contributed by atoms with van der Waals surface area (Å²) in [5.74, 6) is 0.911. The average molecular weight is 259 g/mol. The van der Waals surface area contributed by atoms with Crippen LogP contribution in [0.1, 0.15) is 11.1 Å². The van der Waals surface area contributed by atoms with E-state index in [1.54, 1.807) is 18.9 Å². The lowest BCUT2D eigenvalue weighted by molar-refractivity contribution is 0.404. The summed E-state index contributed by atoms with van der Waals surface area (Å²) in [6, 6.07) is 14.5. The summed E-state index contributed by atoms with van der Waals surface area (Å²) in [4.78, 5) is 2.33. The maximum atomic E-state index is 5.59. The zero-order valence-corrected chi connectivity index (χ0v) is 11.5. The molecule has 2 nitrogen and oxygen atoms in total. The highest BCUT2D eigenvalue weighted by Crippen LogP contribution is 2.35. The molecule has 0 saturated carbocycles. The van der Waals surface area contributed by atoms with Crippen LogP contribution in [0.15, 0.2) is 52.3 Å². The van der Waals surface area contributed by atoms with Crippen LogP contribution in [-0.4, -0.2) is 7.11 Å². The van der Waals surface area contributed by atoms with Gasteiger partial charge in [0, 0.05) is 11.4 Å². The zero-order valence-electron chi connectivity index (χ0n) is 10.6. The van der Waals surface area contributed by atoms with Crippen molar-refractivity contribution >= 4 is 11.8 Å². The Balaban J connectivity index is 2.24. The Morgan fingerprint density at radius 2 is 1.83 bits per heavy atom. The fourth-order valence-corrected chi connectivity index (χ4v) is 2.71. The number of methoxy groups -OCH3 is 1. The summed E-state index contributed by atoms with van der Waals surface area (Å²) in [5.41, 5.74) is 7.97. The fourth-order valence-electron chi connectivity index (χ4n) is 1.68. The number of hydrogen-bond donors (Lipinski definition) is 1. The lowest BCUT2D eigenvalue weighted by atomic mass is 10.2. The second-order valence-electron chi connectivity index (χ2n) is 4.10. The van der Waals surface area contributed by atoms with E-state index >= 15 is 0 Å². The highest BCUT2D eigenvalue weighted by molar-refractivity contribution is 7.99. The number of nitrogens with two attached hydrogens (primary N) is 1. The van der Waals surface area contributed by atoms with Gasteiger partial charge in [-0.1, -0.05) is 30.0 Å².